The van der Waals surface area contributed by atoms with Crippen LogP contribution in [0.5, 0.6) is 5.75 Å². The minimum Gasteiger partial charge on any atom is -0.497 e. The first-order chi connectivity index (χ1) is 10.7. The third-order valence-electron chi connectivity index (χ3n) is 3.04. The number of carbonyl (C=O) groups is 1. The number of ether oxygens (including phenoxy) is 2. The van der Waals surface area contributed by atoms with E-state index in [2.05, 4.69) is 0 Å². The van der Waals surface area contributed by atoms with Gasteiger partial charge in [-0.1, -0.05) is 30.3 Å². The third-order valence-corrected chi connectivity index (χ3v) is 4.10. The minimum absolute atomic E-state index is 0.306. The lowest BCUT2D eigenvalue weighted by atomic mass is 10.1. The Morgan fingerprint density at radius 3 is 2.32 bits per heavy atom. The predicted octanol–water partition coefficient (Wildman–Crippen LogP) is 4.04. The van der Waals surface area contributed by atoms with Gasteiger partial charge in [0.2, 0.25) is 0 Å². The third kappa shape index (κ3) is 4.67. The summed E-state index contributed by atoms with van der Waals surface area (Å²) in [5.74, 6) is 1.04. The Morgan fingerprint density at radius 1 is 1.05 bits per heavy atom. The molecule has 0 radical (unpaired) electrons. The lowest BCUT2D eigenvalue weighted by Crippen LogP contribution is -2.06. The highest BCUT2D eigenvalue weighted by atomic mass is 32.2. The Hall–Kier alpha value is -2.20. The molecule has 0 spiro atoms. The first kappa shape index (κ1) is 16.2. The summed E-state index contributed by atoms with van der Waals surface area (Å²) in [6, 6.07) is 17.5. The van der Waals surface area contributed by atoms with Crippen molar-refractivity contribution >= 4 is 23.8 Å². The normalized spacial score (nSPS) is 11.1. The molecule has 0 aliphatic rings. The SMILES string of the molecule is COC(=O)/C(=C/c1ccc(OC)cc1)CSc1ccccc1. The lowest BCUT2D eigenvalue weighted by Gasteiger charge is -2.06. The highest BCUT2D eigenvalue weighted by molar-refractivity contribution is 7.99. The van der Waals surface area contributed by atoms with Crippen molar-refractivity contribution in [3.05, 3.63) is 65.7 Å². The van der Waals surface area contributed by atoms with E-state index in [0.717, 1.165) is 16.2 Å². The highest BCUT2D eigenvalue weighted by Crippen LogP contribution is 2.22. The van der Waals surface area contributed by atoms with Gasteiger partial charge in [0.25, 0.3) is 0 Å². The van der Waals surface area contributed by atoms with Crippen LogP contribution in [0, 0.1) is 0 Å². The Bertz CT molecular complexity index is 633. The van der Waals surface area contributed by atoms with Crippen molar-refractivity contribution in [3.8, 4) is 5.75 Å². The molecule has 0 amide bonds. The summed E-state index contributed by atoms with van der Waals surface area (Å²) in [5.41, 5.74) is 1.57. The van der Waals surface area contributed by atoms with E-state index in [4.69, 9.17) is 9.47 Å². The van der Waals surface area contributed by atoms with Crippen LogP contribution in [0.1, 0.15) is 5.56 Å². The number of benzene rings is 2. The maximum absolute atomic E-state index is 11.9. The zero-order valence-corrected chi connectivity index (χ0v) is 13.4. The van der Waals surface area contributed by atoms with Crippen molar-refractivity contribution in [1.29, 1.82) is 0 Å². The lowest BCUT2D eigenvalue weighted by molar-refractivity contribution is -0.135. The summed E-state index contributed by atoms with van der Waals surface area (Å²) in [4.78, 5) is 13.0. The van der Waals surface area contributed by atoms with Crippen LogP contribution in [-0.4, -0.2) is 25.9 Å². The maximum atomic E-state index is 11.9. The number of hydrogen-bond acceptors (Lipinski definition) is 4. The number of thioether (sulfide) groups is 1. The van der Waals surface area contributed by atoms with Gasteiger partial charge in [-0.3, -0.25) is 0 Å². The van der Waals surface area contributed by atoms with Crippen LogP contribution in [-0.2, 0) is 9.53 Å². The summed E-state index contributed by atoms with van der Waals surface area (Å²) >= 11 is 1.61. The van der Waals surface area contributed by atoms with E-state index in [1.807, 2.05) is 60.7 Å². The first-order valence-electron chi connectivity index (χ1n) is 6.83. The van der Waals surface area contributed by atoms with E-state index < -0.39 is 0 Å². The average molecular weight is 314 g/mol. The Labute approximate surface area is 135 Å². The molecule has 0 bridgehead atoms. The number of esters is 1. The van der Waals surface area contributed by atoms with E-state index in [9.17, 15) is 4.79 Å². The van der Waals surface area contributed by atoms with Crippen LogP contribution in [0.2, 0.25) is 0 Å². The van der Waals surface area contributed by atoms with Gasteiger partial charge in [0.1, 0.15) is 5.75 Å². The largest absolute Gasteiger partial charge is 0.497 e. The molecule has 2 rings (SSSR count). The molecule has 2 aromatic carbocycles. The molecule has 0 atom stereocenters. The van der Waals surface area contributed by atoms with Crippen molar-refractivity contribution in [2.75, 3.05) is 20.0 Å². The molecule has 4 heteroatoms. The Balaban J connectivity index is 2.14. The molecule has 0 fully saturated rings. The van der Waals surface area contributed by atoms with Crippen molar-refractivity contribution in [2.45, 2.75) is 4.90 Å². The summed E-state index contributed by atoms with van der Waals surface area (Å²) in [5, 5.41) is 0. The van der Waals surface area contributed by atoms with Crippen LogP contribution in [0.25, 0.3) is 6.08 Å². The van der Waals surface area contributed by atoms with Gasteiger partial charge < -0.3 is 9.47 Å². The molecular formula is C18H18O3S. The van der Waals surface area contributed by atoms with Crippen LogP contribution in [0.15, 0.2) is 65.1 Å². The number of carbonyl (C=O) groups excluding carboxylic acids is 1. The van der Waals surface area contributed by atoms with Crippen molar-refractivity contribution in [1.82, 2.24) is 0 Å². The predicted molar refractivity (Wildman–Crippen MR) is 90.2 cm³/mol. The smallest absolute Gasteiger partial charge is 0.334 e. The molecule has 3 nitrogen and oxygen atoms in total. The van der Waals surface area contributed by atoms with Gasteiger partial charge in [0.05, 0.1) is 14.2 Å². The van der Waals surface area contributed by atoms with Crippen LogP contribution < -0.4 is 4.74 Å². The van der Waals surface area contributed by atoms with Gasteiger partial charge in [-0.25, -0.2) is 4.79 Å². The highest BCUT2D eigenvalue weighted by Gasteiger charge is 2.10. The van der Waals surface area contributed by atoms with Crippen molar-refractivity contribution in [3.63, 3.8) is 0 Å². The zero-order valence-electron chi connectivity index (χ0n) is 12.6. The summed E-state index contributed by atoms with van der Waals surface area (Å²) in [7, 11) is 3.03. The molecule has 0 aromatic heterocycles. The fraction of sp³-hybridized carbons (Fsp3) is 0.167. The molecule has 0 heterocycles. The second kappa shape index (κ2) is 8.29. The fourth-order valence-corrected chi connectivity index (χ4v) is 2.74. The number of methoxy groups -OCH3 is 2. The Kier molecular flexibility index (Phi) is 6.10. The summed E-state index contributed by atoms with van der Waals surface area (Å²) in [6.45, 7) is 0. The molecule has 22 heavy (non-hydrogen) atoms. The monoisotopic (exact) mass is 314 g/mol. The molecule has 0 saturated carbocycles. The van der Waals surface area contributed by atoms with Gasteiger partial charge in [-0.2, -0.15) is 0 Å². The number of hydrogen-bond donors (Lipinski definition) is 0. The molecule has 0 aliphatic heterocycles. The molecular weight excluding hydrogens is 296 g/mol. The van der Waals surface area contributed by atoms with Crippen molar-refractivity contribution < 1.29 is 14.3 Å². The van der Waals surface area contributed by atoms with Crippen molar-refractivity contribution in [2.24, 2.45) is 0 Å². The molecule has 0 aliphatic carbocycles. The van der Waals surface area contributed by atoms with Crippen LogP contribution in [0.3, 0.4) is 0 Å². The van der Waals surface area contributed by atoms with Gasteiger partial charge in [-0.15, -0.1) is 11.8 Å². The van der Waals surface area contributed by atoms with Gasteiger partial charge >= 0.3 is 5.97 Å². The standard InChI is InChI=1S/C18H18O3S/c1-20-16-10-8-14(9-11-16)12-15(18(19)21-2)13-22-17-6-4-3-5-7-17/h3-12H,13H2,1-2H3/b15-12+. The minimum atomic E-state index is -0.306. The maximum Gasteiger partial charge on any atom is 0.334 e. The van der Waals surface area contributed by atoms with E-state index in [0.29, 0.717) is 11.3 Å². The van der Waals surface area contributed by atoms with E-state index in [1.165, 1.54) is 7.11 Å². The number of rotatable bonds is 6. The van der Waals surface area contributed by atoms with E-state index in [1.54, 1.807) is 18.9 Å². The molecule has 0 saturated heterocycles. The van der Waals surface area contributed by atoms with Gasteiger partial charge in [0.15, 0.2) is 0 Å². The zero-order chi connectivity index (χ0) is 15.8. The molecule has 0 N–H and O–H groups in total. The molecule has 2 aromatic rings. The topological polar surface area (TPSA) is 35.5 Å². The second-order valence-electron chi connectivity index (χ2n) is 4.54. The molecule has 0 unspecified atom stereocenters. The van der Waals surface area contributed by atoms with E-state index in [-0.39, 0.29) is 5.97 Å². The average Bonchev–Trinajstić information content (AvgIpc) is 2.59. The van der Waals surface area contributed by atoms with Crippen LogP contribution in [0.4, 0.5) is 0 Å². The van der Waals surface area contributed by atoms with Gasteiger partial charge in [-0.05, 0) is 35.9 Å². The summed E-state index contributed by atoms with van der Waals surface area (Å²) < 4.78 is 10.0. The fourth-order valence-electron chi connectivity index (χ4n) is 1.87. The van der Waals surface area contributed by atoms with E-state index >= 15 is 0 Å². The Morgan fingerprint density at radius 2 is 1.73 bits per heavy atom. The summed E-state index contributed by atoms with van der Waals surface area (Å²) in [6.07, 6.45) is 1.85. The molecule has 114 valence electrons. The second-order valence-corrected chi connectivity index (χ2v) is 5.58. The first-order valence-corrected chi connectivity index (χ1v) is 7.82. The quantitative estimate of drug-likeness (QED) is 0.458. The van der Waals surface area contributed by atoms with Crippen LogP contribution >= 0.6 is 11.8 Å². The van der Waals surface area contributed by atoms with Gasteiger partial charge in [0, 0.05) is 16.2 Å².